The number of nitrogens with zero attached hydrogens (tertiary/aromatic N) is 2. The number of ether oxygens (including phenoxy) is 1. The molecule has 32 heavy (non-hydrogen) atoms. The summed E-state index contributed by atoms with van der Waals surface area (Å²) in [6.07, 6.45) is 0.948. The van der Waals surface area contributed by atoms with Gasteiger partial charge in [-0.25, -0.2) is 4.39 Å². The summed E-state index contributed by atoms with van der Waals surface area (Å²) in [6.45, 7) is 5.01. The molecular formula is C25H25ClFN3O2. The minimum absolute atomic E-state index is 0.0472. The van der Waals surface area contributed by atoms with E-state index in [1.165, 1.54) is 17.7 Å². The second kappa shape index (κ2) is 10.1. The number of hydrogen-bond donors (Lipinski definition) is 1. The van der Waals surface area contributed by atoms with Gasteiger partial charge in [0.15, 0.2) is 0 Å². The molecule has 1 fully saturated rings. The Morgan fingerprint density at radius 1 is 1.19 bits per heavy atom. The van der Waals surface area contributed by atoms with Crippen LogP contribution in [0, 0.1) is 11.7 Å². The minimum atomic E-state index is -0.496. The second-order valence-electron chi connectivity index (χ2n) is 8.08. The number of halogens is 2. The molecular weight excluding hydrogens is 429 g/mol. The van der Waals surface area contributed by atoms with E-state index >= 15 is 0 Å². The number of nitrogens with one attached hydrogen (secondary N) is 1. The zero-order valence-electron chi connectivity index (χ0n) is 17.8. The third kappa shape index (κ3) is 5.64. The summed E-state index contributed by atoms with van der Waals surface area (Å²) in [4.78, 5) is 19.3. The summed E-state index contributed by atoms with van der Waals surface area (Å²) in [6, 6.07) is 19.3. The van der Waals surface area contributed by atoms with E-state index in [4.69, 9.17) is 16.3 Å². The highest BCUT2D eigenvalue weighted by atomic mass is 35.5. The van der Waals surface area contributed by atoms with Crippen LogP contribution in [0.15, 0.2) is 66.7 Å². The summed E-state index contributed by atoms with van der Waals surface area (Å²) in [7, 11) is 0. The van der Waals surface area contributed by atoms with Gasteiger partial charge in [-0.3, -0.25) is 9.69 Å². The van der Waals surface area contributed by atoms with Gasteiger partial charge in [-0.2, -0.15) is 4.98 Å². The van der Waals surface area contributed by atoms with Crippen molar-refractivity contribution in [2.75, 3.05) is 18.4 Å². The number of pyridine rings is 1. The molecule has 0 unspecified atom stereocenters. The average molecular weight is 454 g/mol. The highest BCUT2D eigenvalue weighted by Gasteiger charge is 2.28. The maximum Gasteiger partial charge on any atom is 0.258 e. The van der Waals surface area contributed by atoms with Gasteiger partial charge in [0, 0.05) is 31.6 Å². The molecule has 0 saturated carbocycles. The van der Waals surface area contributed by atoms with Gasteiger partial charge >= 0.3 is 0 Å². The van der Waals surface area contributed by atoms with Gasteiger partial charge in [0.1, 0.15) is 17.7 Å². The van der Waals surface area contributed by atoms with Crippen molar-refractivity contribution in [2.45, 2.75) is 26.0 Å². The lowest BCUT2D eigenvalue weighted by molar-refractivity contribution is 0.0462. The fraction of sp³-hybridized carbons (Fsp3) is 0.280. The first-order chi connectivity index (χ1) is 15.5. The number of piperidine rings is 1. The van der Waals surface area contributed by atoms with E-state index in [-0.39, 0.29) is 16.7 Å². The van der Waals surface area contributed by atoms with E-state index < -0.39 is 11.7 Å². The minimum Gasteiger partial charge on any atom is -0.474 e. The molecule has 0 bridgehead atoms. The van der Waals surface area contributed by atoms with Gasteiger partial charge in [0.05, 0.1) is 10.6 Å². The lowest BCUT2D eigenvalue weighted by Gasteiger charge is -2.36. The third-order valence-corrected chi connectivity index (χ3v) is 5.89. The number of aromatic nitrogens is 1. The van der Waals surface area contributed by atoms with Crippen LogP contribution in [0.4, 0.5) is 10.2 Å². The molecule has 3 aromatic rings. The fourth-order valence-electron chi connectivity index (χ4n) is 3.93. The van der Waals surface area contributed by atoms with Crippen molar-refractivity contribution in [1.82, 2.24) is 9.88 Å². The van der Waals surface area contributed by atoms with Gasteiger partial charge in [-0.1, -0.05) is 54.9 Å². The van der Waals surface area contributed by atoms with E-state index in [0.29, 0.717) is 17.6 Å². The van der Waals surface area contributed by atoms with Crippen molar-refractivity contribution in [2.24, 2.45) is 5.92 Å². The van der Waals surface area contributed by atoms with E-state index in [1.54, 1.807) is 18.2 Å². The van der Waals surface area contributed by atoms with Gasteiger partial charge in [-0.05, 0) is 36.2 Å². The molecule has 1 saturated heterocycles. The Labute approximate surface area is 192 Å². The van der Waals surface area contributed by atoms with Crippen molar-refractivity contribution in [3.05, 3.63) is 88.7 Å². The molecule has 7 heteroatoms. The maximum absolute atomic E-state index is 13.2. The standard InChI is InChI=1S/C25H25ClFN3O2/c1-17-15-30(16-18-6-3-2-4-7-18)13-12-22(17)32-24-9-5-8-23(28-24)29-25(31)20-11-10-19(27)14-21(20)26/h2-11,14,17,22H,12-13,15-16H2,1H3,(H,28,29,31)/t17-,22-/m1/s1. The van der Waals surface area contributed by atoms with Gasteiger partial charge in [0.25, 0.3) is 5.91 Å². The second-order valence-corrected chi connectivity index (χ2v) is 8.49. The number of benzene rings is 2. The van der Waals surface area contributed by atoms with Crippen LogP contribution in [0.25, 0.3) is 0 Å². The molecule has 2 aromatic carbocycles. The number of rotatable bonds is 6. The Bertz CT molecular complexity index is 1080. The molecule has 0 spiro atoms. The summed E-state index contributed by atoms with van der Waals surface area (Å²) in [5, 5.41) is 2.74. The summed E-state index contributed by atoms with van der Waals surface area (Å²) < 4.78 is 19.4. The predicted molar refractivity (Wildman–Crippen MR) is 124 cm³/mol. The van der Waals surface area contributed by atoms with Crippen molar-refractivity contribution in [3.63, 3.8) is 0 Å². The molecule has 1 N–H and O–H groups in total. The topological polar surface area (TPSA) is 54.5 Å². The number of anilines is 1. The molecule has 1 aliphatic heterocycles. The monoisotopic (exact) mass is 453 g/mol. The number of hydrogen-bond acceptors (Lipinski definition) is 4. The zero-order valence-corrected chi connectivity index (χ0v) is 18.6. The summed E-state index contributed by atoms with van der Waals surface area (Å²) >= 11 is 5.98. The molecule has 0 aliphatic carbocycles. The van der Waals surface area contributed by atoms with Crippen molar-refractivity contribution >= 4 is 23.3 Å². The first kappa shape index (κ1) is 22.2. The molecule has 1 amide bonds. The van der Waals surface area contributed by atoms with E-state index in [1.807, 2.05) is 6.07 Å². The quantitative estimate of drug-likeness (QED) is 0.541. The van der Waals surface area contributed by atoms with Gasteiger partial charge in [0.2, 0.25) is 5.88 Å². The maximum atomic E-state index is 13.2. The number of carbonyl (C=O) groups excluding carboxylic acids is 1. The Hall–Kier alpha value is -2.96. The van der Waals surface area contributed by atoms with Crippen molar-refractivity contribution < 1.29 is 13.9 Å². The first-order valence-electron chi connectivity index (χ1n) is 10.6. The zero-order chi connectivity index (χ0) is 22.5. The van der Waals surface area contributed by atoms with Crippen molar-refractivity contribution in [1.29, 1.82) is 0 Å². The molecule has 4 rings (SSSR count). The normalized spacial score (nSPS) is 18.8. The Morgan fingerprint density at radius 2 is 2.00 bits per heavy atom. The van der Waals surface area contributed by atoms with Crippen LogP contribution in [0.2, 0.25) is 5.02 Å². The van der Waals surface area contributed by atoms with E-state index in [0.717, 1.165) is 32.1 Å². The van der Waals surface area contributed by atoms with Crippen LogP contribution in [0.3, 0.4) is 0 Å². The third-order valence-electron chi connectivity index (χ3n) is 5.57. The Morgan fingerprint density at radius 3 is 2.75 bits per heavy atom. The molecule has 0 radical (unpaired) electrons. The number of likely N-dealkylation sites (tertiary alicyclic amines) is 1. The lowest BCUT2D eigenvalue weighted by Crippen LogP contribution is -2.44. The van der Waals surface area contributed by atoms with Crippen LogP contribution in [0.1, 0.15) is 29.3 Å². The molecule has 1 aromatic heterocycles. The van der Waals surface area contributed by atoms with E-state index in [2.05, 4.69) is 46.4 Å². The highest BCUT2D eigenvalue weighted by molar-refractivity contribution is 6.34. The van der Waals surface area contributed by atoms with Crippen LogP contribution < -0.4 is 10.1 Å². The van der Waals surface area contributed by atoms with Gasteiger partial charge < -0.3 is 10.1 Å². The number of carbonyl (C=O) groups is 1. The smallest absolute Gasteiger partial charge is 0.258 e. The van der Waals surface area contributed by atoms with Crippen LogP contribution >= 0.6 is 11.6 Å². The van der Waals surface area contributed by atoms with E-state index in [9.17, 15) is 9.18 Å². The Kier molecular flexibility index (Phi) is 7.02. The molecule has 2 atom stereocenters. The van der Waals surface area contributed by atoms with Crippen LogP contribution in [-0.2, 0) is 6.54 Å². The van der Waals surface area contributed by atoms with Gasteiger partial charge in [-0.15, -0.1) is 0 Å². The van der Waals surface area contributed by atoms with Crippen LogP contribution in [-0.4, -0.2) is 35.0 Å². The highest BCUT2D eigenvalue weighted by Crippen LogP contribution is 2.24. The van der Waals surface area contributed by atoms with Crippen LogP contribution in [0.5, 0.6) is 5.88 Å². The Balaban J connectivity index is 1.35. The predicted octanol–water partition coefficient (Wildman–Crippen LogP) is 5.42. The summed E-state index contributed by atoms with van der Waals surface area (Å²) in [5.41, 5.74) is 1.49. The number of amides is 1. The SMILES string of the molecule is C[C@@H]1CN(Cc2ccccc2)CC[C@H]1Oc1cccc(NC(=O)c2ccc(F)cc2Cl)n1. The summed E-state index contributed by atoms with van der Waals surface area (Å²) in [5.74, 6) is 0.195. The lowest BCUT2D eigenvalue weighted by atomic mass is 9.96. The largest absolute Gasteiger partial charge is 0.474 e. The molecule has 5 nitrogen and oxygen atoms in total. The molecule has 166 valence electrons. The van der Waals surface area contributed by atoms with Crippen molar-refractivity contribution in [3.8, 4) is 5.88 Å². The molecule has 1 aliphatic rings. The fourth-order valence-corrected chi connectivity index (χ4v) is 4.19. The molecule has 2 heterocycles. The average Bonchev–Trinajstić information content (AvgIpc) is 2.76. The first-order valence-corrected chi connectivity index (χ1v) is 11.0.